The van der Waals surface area contributed by atoms with Gasteiger partial charge in [-0.15, -0.1) is 0 Å². The van der Waals surface area contributed by atoms with Crippen LogP contribution in [0.3, 0.4) is 0 Å². The van der Waals surface area contributed by atoms with E-state index >= 15 is 0 Å². The van der Waals surface area contributed by atoms with Gasteiger partial charge in [0.15, 0.2) is 5.78 Å². The SMILES string of the molecule is CC(C)(O)CC[C@@H](O)[C@](C)(O)[C@H]1CC[C@@]2(O)C3=CC(=O)[C@@H]4C[C@@H](O)[C@@H](O)C[C@]4(C)C3=CC[C@]12C. The molecule has 0 aromatic carbocycles. The van der Waals surface area contributed by atoms with Crippen molar-refractivity contribution in [2.75, 3.05) is 0 Å². The minimum Gasteiger partial charge on any atom is -0.390 e. The normalized spacial score (nSPS) is 44.9. The Labute approximate surface area is 202 Å². The Kier molecular flexibility index (Phi) is 6.08. The van der Waals surface area contributed by atoms with Crippen LogP contribution in [0.5, 0.6) is 0 Å². The summed E-state index contributed by atoms with van der Waals surface area (Å²) in [5, 5.41) is 65.3. The van der Waals surface area contributed by atoms with Gasteiger partial charge in [-0.2, -0.15) is 0 Å². The van der Waals surface area contributed by atoms with Crippen LogP contribution in [0.4, 0.5) is 0 Å². The lowest BCUT2D eigenvalue weighted by atomic mass is 9.49. The monoisotopic (exact) mass is 478 g/mol. The van der Waals surface area contributed by atoms with E-state index in [9.17, 15) is 35.4 Å². The van der Waals surface area contributed by atoms with Gasteiger partial charge >= 0.3 is 0 Å². The number of hydrogen-bond donors (Lipinski definition) is 6. The Balaban J connectivity index is 1.70. The molecule has 0 spiro atoms. The van der Waals surface area contributed by atoms with Gasteiger partial charge in [-0.05, 0) is 88.9 Å². The first-order valence-electron chi connectivity index (χ1n) is 12.7. The predicted octanol–water partition coefficient (Wildman–Crippen LogP) is 1.77. The van der Waals surface area contributed by atoms with E-state index in [-0.39, 0.29) is 25.0 Å². The summed E-state index contributed by atoms with van der Waals surface area (Å²) in [6.45, 7) is 8.81. The van der Waals surface area contributed by atoms with Gasteiger partial charge in [0.1, 0.15) is 0 Å². The molecule has 9 atom stereocenters. The van der Waals surface area contributed by atoms with Gasteiger partial charge < -0.3 is 30.6 Å². The number of carbonyl (C=O) groups is 1. The predicted molar refractivity (Wildman–Crippen MR) is 127 cm³/mol. The van der Waals surface area contributed by atoms with Crippen LogP contribution in [0.2, 0.25) is 0 Å². The van der Waals surface area contributed by atoms with E-state index in [0.29, 0.717) is 31.3 Å². The second kappa shape index (κ2) is 7.95. The lowest BCUT2D eigenvalue weighted by molar-refractivity contribution is -0.157. The third kappa shape index (κ3) is 3.66. The lowest BCUT2D eigenvalue weighted by Gasteiger charge is -2.57. The quantitative estimate of drug-likeness (QED) is 0.354. The molecule has 0 aliphatic heterocycles. The molecule has 4 aliphatic carbocycles. The summed E-state index contributed by atoms with van der Waals surface area (Å²) >= 11 is 0. The van der Waals surface area contributed by atoms with Gasteiger partial charge in [0.05, 0.1) is 35.1 Å². The lowest BCUT2D eigenvalue weighted by Crippen LogP contribution is -2.60. The smallest absolute Gasteiger partial charge is 0.160 e. The molecule has 34 heavy (non-hydrogen) atoms. The molecule has 6 N–H and O–H groups in total. The van der Waals surface area contributed by atoms with Gasteiger partial charge in [0.2, 0.25) is 0 Å². The Morgan fingerprint density at radius 3 is 2.38 bits per heavy atom. The van der Waals surface area contributed by atoms with Gasteiger partial charge in [-0.1, -0.05) is 19.9 Å². The van der Waals surface area contributed by atoms with Crippen molar-refractivity contribution in [3.05, 3.63) is 23.3 Å². The topological polar surface area (TPSA) is 138 Å². The molecule has 7 nitrogen and oxygen atoms in total. The molecule has 0 radical (unpaired) electrons. The van der Waals surface area contributed by atoms with E-state index in [4.69, 9.17) is 0 Å². The maximum Gasteiger partial charge on any atom is 0.160 e. The molecule has 192 valence electrons. The van der Waals surface area contributed by atoms with Crippen molar-refractivity contribution in [2.24, 2.45) is 22.7 Å². The zero-order valence-electron chi connectivity index (χ0n) is 21.1. The van der Waals surface area contributed by atoms with Gasteiger partial charge in [0.25, 0.3) is 0 Å². The highest BCUT2D eigenvalue weighted by molar-refractivity contribution is 5.97. The van der Waals surface area contributed by atoms with Gasteiger partial charge in [-0.25, -0.2) is 0 Å². The Bertz CT molecular complexity index is 914. The van der Waals surface area contributed by atoms with E-state index in [1.54, 1.807) is 20.8 Å². The second-order valence-electron chi connectivity index (χ2n) is 12.8. The Morgan fingerprint density at radius 2 is 1.76 bits per heavy atom. The average Bonchev–Trinajstić information content (AvgIpc) is 3.00. The van der Waals surface area contributed by atoms with E-state index in [0.717, 1.165) is 5.57 Å². The Morgan fingerprint density at radius 1 is 1.12 bits per heavy atom. The van der Waals surface area contributed by atoms with E-state index in [1.165, 1.54) is 6.08 Å². The largest absolute Gasteiger partial charge is 0.390 e. The van der Waals surface area contributed by atoms with Crippen molar-refractivity contribution >= 4 is 5.78 Å². The fourth-order valence-corrected chi connectivity index (χ4v) is 7.68. The van der Waals surface area contributed by atoms with Crippen molar-refractivity contribution in [1.29, 1.82) is 0 Å². The molecule has 2 saturated carbocycles. The van der Waals surface area contributed by atoms with Crippen LogP contribution in [-0.4, -0.2) is 71.5 Å². The third-order valence-corrected chi connectivity index (χ3v) is 9.95. The summed E-state index contributed by atoms with van der Waals surface area (Å²) in [5.74, 6) is -1.02. The van der Waals surface area contributed by atoms with Crippen molar-refractivity contribution in [3.8, 4) is 0 Å². The van der Waals surface area contributed by atoms with Gasteiger partial charge in [0, 0.05) is 16.7 Å². The maximum atomic E-state index is 13.2. The van der Waals surface area contributed by atoms with Crippen LogP contribution in [0.25, 0.3) is 0 Å². The Hall–Kier alpha value is -1.09. The zero-order valence-corrected chi connectivity index (χ0v) is 21.1. The first-order valence-corrected chi connectivity index (χ1v) is 12.7. The highest BCUT2D eigenvalue weighted by atomic mass is 16.3. The van der Waals surface area contributed by atoms with E-state index in [1.807, 2.05) is 19.9 Å². The first kappa shape index (κ1) is 26.0. The number of fused-ring (bicyclic) bond motifs is 5. The van der Waals surface area contributed by atoms with Crippen LogP contribution >= 0.6 is 0 Å². The molecule has 7 heteroatoms. The number of carbonyl (C=O) groups excluding carboxylic acids is 1. The molecule has 0 heterocycles. The third-order valence-electron chi connectivity index (χ3n) is 9.95. The molecule has 0 aromatic heterocycles. The van der Waals surface area contributed by atoms with Crippen LogP contribution in [0.1, 0.15) is 79.6 Å². The van der Waals surface area contributed by atoms with Crippen molar-refractivity contribution in [2.45, 2.75) is 115 Å². The molecule has 4 aliphatic rings. The number of aliphatic hydroxyl groups excluding tert-OH is 3. The average molecular weight is 479 g/mol. The molecule has 4 rings (SSSR count). The summed E-state index contributed by atoms with van der Waals surface area (Å²) in [4.78, 5) is 13.2. The summed E-state index contributed by atoms with van der Waals surface area (Å²) in [6.07, 6.45) is 2.92. The highest BCUT2D eigenvalue weighted by Gasteiger charge is 2.67. The fourth-order valence-electron chi connectivity index (χ4n) is 7.68. The molecule has 2 fully saturated rings. The summed E-state index contributed by atoms with van der Waals surface area (Å²) in [6, 6.07) is 0. The second-order valence-corrected chi connectivity index (χ2v) is 12.8. The highest BCUT2D eigenvalue weighted by Crippen LogP contribution is 2.66. The van der Waals surface area contributed by atoms with Crippen molar-refractivity contribution < 1.29 is 35.4 Å². The summed E-state index contributed by atoms with van der Waals surface area (Å²) in [5.41, 5.74) is -3.86. The molecular weight excluding hydrogens is 436 g/mol. The molecule has 0 amide bonds. The zero-order chi connectivity index (χ0) is 25.5. The number of allylic oxidation sites excluding steroid dienone is 2. The summed E-state index contributed by atoms with van der Waals surface area (Å²) < 4.78 is 0. The van der Waals surface area contributed by atoms with E-state index in [2.05, 4.69) is 0 Å². The molecule has 0 unspecified atom stereocenters. The van der Waals surface area contributed by atoms with Crippen molar-refractivity contribution in [1.82, 2.24) is 0 Å². The summed E-state index contributed by atoms with van der Waals surface area (Å²) in [7, 11) is 0. The van der Waals surface area contributed by atoms with Crippen LogP contribution in [0.15, 0.2) is 23.3 Å². The molecular formula is C27H42O7. The fraction of sp³-hybridized carbons (Fsp3) is 0.815. The number of hydrogen-bond acceptors (Lipinski definition) is 7. The molecule has 0 saturated heterocycles. The minimum atomic E-state index is -1.49. The van der Waals surface area contributed by atoms with Crippen LogP contribution < -0.4 is 0 Å². The molecule has 0 bridgehead atoms. The first-order chi connectivity index (χ1) is 15.5. The molecule has 0 aromatic rings. The van der Waals surface area contributed by atoms with Crippen LogP contribution in [0, 0.1) is 22.7 Å². The van der Waals surface area contributed by atoms with Gasteiger partial charge in [-0.3, -0.25) is 4.79 Å². The minimum absolute atomic E-state index is 0.140. The number of ketones is 1. The number of rotatable bonds is 5. The maximum absolute atomic E-state index is 13.2. The van der Waals surface area contributed by atoms with Crippen molar-refractivity contribution in [3.63, 3.8) is 0 Å². The van der Waals surface area contributed by atoms with Crippen LogP contribution in [-0.2, 0) is 4.79 Å². The number of aliphatic hydroxyl groups is 6. The standard InChI is InChI=1S/C27H42O7/c1-23(2,32)9-8-22(31)26(5,33)21-7-11-27(34)16-12-18(28)17-13-19(29)20(30)14-24(17,3)15(16)6-10-25(21,27)4/h6,12,17,19-22,29-34H,7-11,13-14H2,1-5H3/t17-,19+,20-,21-,22+,24+,25+,26+,27+/m0/s1. The van der Waals surface area contributed by atoms with E-state index < -0.39 is 57.8 Å².